The number of alkyl halides is 2. The van der Waals surface area contributed by atoms with Gasteiger partial charge in [0.2, 0.25) is 0 Å². The van der Waals surface area contributed by atoms with Gasteiger partial charge in [-0.1, -0.05) is 26.7 Å². The van der Waals surface area contributed by atoms with E-state index in [9.17, 15) is 41.8 Å². The van der Waals surface area contributed by atoms with Crippen LogP contribution in [0, 0.1) is 11.6 Å². The van der Waals surface area contributed by atoms with Crippen molar-refractivity contribution in [3.05, 3.63) is 68.0 Å². The molecular weight excluding hydrogens is 635 g/mol. The van der Waals surface area contributed by atoms with E-state index < -0.39 is 59.1 Å². The van der Waals surface area contributed by atoms with Crippen molar-refractivity contribution in [1.82, 2.24) is 18.9 Å². The molecule has 0 saturated carbocycles. The fourth-order valence-corrected chi connectivity index (χ4v) is 5.47. The Labute approximate surface area is 289 Å². The summed E-state index contributed by atoms with van der Waals surface area (Å²) in [6, 6.07) is 0.443. The summed E-state index contributed by atoms with van der Waals surface area (Å²) in [4.78, 5) is 51.2. The molecule has 4 heterocycles. The number of carboxylic acid groups (broad SMARTS) is 1. The maximum atomic E-state index is 14.0. The smallest absolute Gasteiger partial charge is 0.870 e. The van der Waals surface area contributed by atoms with Crippen LogP contribution < -0.4 is 30.0 Å². The molecule has 16 heteroatoms. The molecule has 2 unspecified atom stereocenters. The Morgan fingerprint density at radius 2 is 1.21 bits per heavy atom. The number of esters is 1. The van der Waals surface area contributed by atoms with Crippen LogP contribution in [0.5, 0.6) is 0 Å². The van der Waals surface area contributed by atoms with Crippen molar-refractivity contribution in [3.8, 4) is 0 Å². The predicted molar refractivity (Wildman–Crippen MR) is 165 cm³/mol. The molecule has 2 aliphatic rings. The molecule has 11 nitrogen and oxygen atoms in total. The zero-order valence-electron chi connectivity index (χ0n) is 28.0. The van der Waals surface area contributed by atoms with Gasteiger partial charge in [0.25, 0.3) is 11.1 Å². The van der Waals surface area contributed by atoms with Gasteiger partial charge in [-0.15, -0.1) is 0 Å². The van der Waals surface area contributed by atoms with Crippen molar-refractivity contribution in [2.45, 2.75) is 83.7 Å². The van der Waals surface area contributed by atoms with Crippen molar-refractivity contribution in [1.29, 1.82) is 0 Å². The standard InChI is InChI=1S/C17H24F2N2O3.C15H20F2N2O3.Li.H2O/c1-3-5-15(17(23)24-4-2)21-9-12(8-14(19)16(21)22)6-7-20-10-13(18)11-20;1-2-3-13(15(21)22)19-7-10(6-12(17)14(19)20)4-5-18-8-11(16)9-18;;/h8-9,13,15H,3-7,10-11H2,1-2H3;6-7,11,13H,2-5,8-9H2,1H3,(H,21,22);;1H2/q;;+1;/p-1. The van der Waals surface area contributed by atoms with Gasteiger partial charge < -0.3 is 15.3 Å². The second kappa shape index (κ2) is 20.5. The number of hydrogen-bond donors (Lipinski definition) is 1. The molecule has 0 aromatic carbocycles. The van der Waals surface area contributed by atoms with Gasteiger partial charge in [0.05, 0.1) is 6.61 Å². The van der Waals surface area contributed by atoms with E-state index in [4.69, 9.17) is 4.74 Å². The summed E-state index contributed by atoms with van der Waals surface area (Å²) in [7, 11) is 0. The topological polar surface area (TPSA) is 144 Å². The Balaban J connectivity index is 0.000000462. The SMILES string of the molecule is CCCC(C(=O)O)n1cc(CCN2CC(F)C2)cc(F)c1=O.CCCC(C(=O)OCC)n1cc(CCN2CC(F)C2)cc(F)c1=O.[Li+].[OH-]. The maximum Gasteiger partial charge on any atom is 1.00 e. The third-order valence-corrected chi connectivity index (χ3v) is 8.01. The summed E-state index contributed by atoms with van der Waals surface area (Å²) in [6.45, 7) is 8.26. The van der Waals surface area contributed by atoms with E-state index in [1.54, 1.807) is 13.8 Å². The summed E-state index contributed by atoms with van der Waals surface area (Å²) in [5.74, 6) is -3.51. The molecule has 2 aromatic heterocycles. The van der Waals surface area contributed by atoms with Crippen molar-refractivity contribution >= 4 is 11.9 Å². The Kier molecular flexibility index (Phi) is 18.4. The van der Waals surface area contributed by atoms with E-state index >= 15 is 0 Å². The monoisotopic (exact) mass is 680 g/mol. The predicted octanol–water partition coefficient (Wildman–Crippen LogP) is 0.525. The summed E-state index contributed by atoms with van der Waals surface area (Å²) in [6.07, 6.45) is 4.18. The Morgan fingerprint density at radius 1 is 0.812 bits per heavy atom. The van der Waals surface area contributed by atoms with Crippen LogP contribution in [0.1, 0.15) is 69.7 Å². The summed E-state index contributed by atoms with van der Waals surface area (Å²) in [5.41, 5.74) is -0.586. The van der Waals surface area contributed by atoms with Gasteiger partial charge in [-0.05, 0) is 55.9 Å². The number of nitrogens with zero attached hydrogens (tertiary/aromatic N) is 4. The number of rotatable bonds is 15. The van der Waals surface area contributed by atoms with Crippen LogP contribution in [-0.4, -0.2) is 99.7 Å². The van der Waals surface area contributed by atoms with Gasteiger partial charge in [-0.3, -0.25) is 28.5 Å². The largest absolute Gasteiger partial charge is 1.00 e. The van der Waals surface area contributed by atoms with E-state index in [0.717, 1.165) is 15.2 Å². The average Bonchev–Trinajstić information content (AvgIpc) is 2.97. The fourth-order valence-electron chi connectivity index (χ4n) is 5.47. The first-order chi connectivity index (χ1) is 21.9. The minimum Gasteiger partial charge on any atom is -0.870 e. The molecule has 0 spiro atoms. The molecule has 0 bridgehead atoms. The van der Waals surface area contributed by atoms with Gasteiger partial charge >= 0.3 is 30.8 Å². The van der Waals surface area contributed by atoms with Crippen LogP contribution >= 0.6 is 0 Å². The Hall–Kier alpha value is -2.96. The molecule has 2 saturated heterocycles. The van der Waals surface area contributed by atoms with Crippen LogP contribution in [0.25, 0.3) is 0 Å². The van der Waals surface area contributed by atoms with Crippen LogP contribution in [0.2, 0.25) is 0 Å². The number of carbonyl (C=O) groups is 2. The molecule has 0 aliphatic carbocycles. The number of carbonyl (C=O) groups excluding carboxylic acids is 1. The number of pyridine rings is 2. The fraction of sp³-hybridized carbons (Fsp3) is 0.625. The van der Waals surface area contributed by atoms with E-state index in [1.165, 1.54) is 18.5 Å². The molecular formula is C32H45F4LiN4O7. The molecule has 0 radical (unpaired) electrons. The van der Waals surface area contributed by atoms with Crippen LogP contribution in [0.15, 0.2) is 34.1 Å². The molecule has 4 rings (SSSR count). The minimum absolute atomic E-state index is 0. The zero-order chi connectivity index (χ0) is 34.0. The van der Waals surface area contributed by atoms with Crippen molar-refractivity contribution in [2.75, 3.05) is 45.9 Å². The molecule has 2 atom stereocenters. The molecule has 2 fully saturated rings. The first-order valence-electron chi connectivity index (χ1n) is 15.8. The van der Waals surface area contributed by atoms with Crippen LogP contribution in [0.3, 0.4) is 0 Å². The summed E-state index contributed by atoms with van der Waals surface area (Å²) >= 11 is 0. The van der Waals surface area contributed by atoms with E-state index in [1.807, 2.05) is 16.7 Å². The third-order valence-electron chi connectivity index (χ3n) is 8.01. The van der Waals surface area contributed by atoms with Crippen molar-refractivity contribution < 1.29 is 61.3 Å². The van der Waals surface area contributed by atoms with Crippen molar-refractivity contribution in [2.24, 2.45) is 0 Å². The normalized spacial score (nSPS) is 16.2. The summed E-state index contributed by atoms with van der Waals surface area (Å²) in [5, 5.41) is 9.23. The van der Waals surface area contributed by atoms with Crippen molar-refractivity contribution in [3.63, 3.8) is 0 Å². The first kappa shape index (κ1) is 43.1. The van der Waals surface area contributed by atoms with E-state index in [-0.39, 0.29) is 37.4 Å². The van der Waals surface area contributed by atoms with E-state index in [2.05, 4.69) is 0 Å². The van der Waals surface area contributed by atoms with Crippen LogP contribution in [-0.2, 0) is 27.2 Å². The van der Waals surface area contributed by atoms with Gasteiger partial charge in [-0.25, -0.2) is 27.2 Å². The number of carboxylic acids is 1. The second-order valence-corrected chi connectivity index (χ2v) is 11.7. The number of halogens is 4. The molecule has 264 valence electrons. The number of aliphatic carboxylic acids is 1. The number of aromatic nitrogens is 2. The molecule has 0 amide bonds. The molecule has 48 heavy (non-hydrogen) atoms. The maximum absolute atomic E-state index is 14.0. The minimum atomic E-state index is -1.15. The molecule has 2 N–H and O–H groups in total. The average molecular weight is 681 g/mol. The Morgan fingerprint density at radius 3 is 1.56 bits per heavy atom. The van der Waals surface area contributed by atoms with E-state index in [0.29, 0.717) is 82.5 Å². The number of hydrogen-bond acceptors (Lipinski definition) is 8. The molecule has 2 aromatic rings. The summed E-state index contributed by atoms with van der Waals surface area (Å²) < 4.78 is 60.5. The van der Waals surface area contributed by atoms with Gasteiger partial charge in [0.15, 0.2) is 11.6 Å². The van der Waals surface area contributed by atoms with Gasteiger partial charge in [0.1, 0.15) is 24.4 Å². The second-order valence-electron chi connectivity index (χ2n) is 11.7. The quantitative estimate of drug-likeness (QED) is 0.162. The Bertz CT molecular complexity index is 1450. The number of ether oxygens (including phenoxy) is 1. The van der Waals surface area contributed by atoms with Gasteiger partial charge in [-0.2, -0.15) is 0 Å². The zero-order valence-corrected chi connectivity index (χ0v) is 28.0. The van der Waals surface area contributed by atoms with Gasteiger partial charge in [0, 0.05) is 51.7 Å². The first-order valence-corrected chi connectivity index (χ1v) is 15.8. The van der Waals surface area contributed by atoms with Crippen LogP contribution in [0.4, 0.5) is 17.6 Å². The number of likely N-dealkylation sites (tertiary alicyclic amines) is 2. The third kappa shape index (κ3) is 11.9. The molecule has 2 aliphatic heterocycles.